The lowest BCUT2D eigenvalue weighted by atomic mass is 9.87. The summed E-state index contributed by atoms with van der Waals surface area (Å²) in [5.41, 5.74) is 5.39. The van der Waals surface area contributed by atoms with Gasteiger partial charge in [0.15, 0.2) is 11.5 Å². The summed E-state index contributed by atoms with van der Waals surface area (Å²) in [4.78, 5) is 13.3. The Morgan fingerprint density at radius 3 is 2.26 bits per heavy atom. The van der Waals surface area contributed by atoms with Gasteiger partial charge >= 0.3 is 0 Å². The molecule has 192 valence electrons. The van der Waals surface area contributed by atoms with Crippen molar-refractivity contribution < 1.29 is 14.3 Å². The molecule has 5 rings (SSSR count). The average molecular weight is 505 g/mol. The number of nitrogens with zero attached hydrogens (tertiary/aromatic N) is 1. The van der Waals surface area contributed by atoms with Gasteiger partial charge in [0, 0.05) is 43.0 Å². The minimum absolute atomic E-state index is 0.00522. The third kappa shape index (κ3) is 5.73. The van der Waals surface area contributed by atoms with Crippen LogP contribution in [0.25, 0.3) is 10.9 Å². The van der Waals surface area contributed by atoms with Gasteiger partial charge in [0.05, 0.1) is 7.11 Å². The van der Waals surface area contributed by atoms with Crippen molar-refractivity contribution in [2.24, 2.45) is 7.05 Å². The molecule has 5 heteroatoms. The van der Waals surface area contributed by atoms with E-state index in [1.54, 1.807) is 7.11 Å². The molecule has 0 fully saturated rings. The van der Waals surface area contributed by atoms with E-state index in [0.29, 0.717) is 31.1 Å². The van der Waals surface area contributed by atoms with Crippen molar-refractivity contribution >= 4 is 16.8 Å². The number of carbonyl (C=O) groups excluding carboxylic acids is 1. The Bertz CT molecular complexity index is 1510. The molecule has 0 saturated carbocycles. The van der Waals surface area contributed by atoms with Crippen molar-refractivity contribution in [3.8, 4) is 11.5 Å². The molecule has 0 bridgehead atoms. The quantitative estimate of drug-likeness (QED) is 0.233. The smallest absolute Gasteiger partial charge is 0.221 e. The molecule has 0 unspecified atom stereocenters. The number of hydrogen-bond acceptors (Lipinski definition) is 3. The minimum Gasteiger partial charge on any atom is -0.493 e. The Morgan fingerprint density at radius 2 is 1.53 bits per heavy atom. The molecule has 0 aliphatic carbocycles. The number of ether oxygens (including phenoxy) is 2. The SMILES string of the molecule is COc1ccc([C@@H](CC(=O)NCc2ccccc2)c2cn(C)c3ccccc23)cc1OCc1ccccc1. The molecule has 1 aromatic heterocycles. The van der Waals surface area contributed by atoms with Crippen LogP contribution >= 0.6 is 0 Å². The maximum Gasteiger partial charge on any atom is 0.221 e. The van der Waals surface area contributed by atoms with Crippen LogP contribution in [0.1, 0.15) is 34.6 Å². The monoisotopic (exact) mass is 504 g/mol. The molecule has 5 aromatic rings. The fourth-order valence-electron chi connectivity index (χ4n) is 4.87. The van der Waals surface area contributed by atoms with Crippen LogP contribution < -0.4 is 14.8 Å². The topological polar surface area (TPSA) is 52.5 Å². The maximum absolute atomic E-state index is 13.3. The van der Waals surface area contributed by atoms with Gasteiger partial charge in [0.2, 0.25) is 5.91 Å². The Labute approximate surface area is 223 Å². The first kappa shape index (κ1) is 25.2. The number of carbonyl (C=O) groups is 1. The van der Waals surface area contributed by atoms with Gasteiger partial charge in [0.1, 0.15) is 6.61 Å². The van der Waals surface area contributed by atoms with Crippen LogP contribution in [0.2, 0.25) is 0 Å². The predicted octanol–water partition coefficient (Wildman–Crippen LogP) is 6.60. The molecule has 1 N–H and O–H groups in total. The van der Waals surface area contributed by atoms with E-state index < -0.39 is 0 Å². The number of nitrogens with one attached hydrogen (secondary N) is 1. The highest BCUT2D eigenvalue weighted by Crippen LogP contribution is 2.38. The first-order valence-corrected chi connectivity index (χ1v) is 12.8. The van der Waals surface area contributed by atoms with Crippen molar-refractivity contribution in [3.05, 3.63) is 132 Å². The molecule has 0 radical (unpaired) electrons. The summed E-state index contributed by atoms with van der Waals surface area (Å²) in [5, 5.41) is 4.24. The zero-order chi connectivity index (χ0) is 26.3. The number of benzene rings is 4. The van der Waals surface area contributed by atoms with Crippen molar-refractivity contribution in [2.75, 3.05) is 7.11 Å². The van der Waals surface area contributed by atoms with E-state index in [0.717, 1.165) is 33.2 Å². The summed E-state index contributed by atoms with van der Waals surface area (Å²) in [7, 11) is 3.68. The first-order valence-electron chi connectivity index (χ1n) is 12.8. The van der Waals surface area contributed by atoms with Crippen LogP contribution in [0, 0.1) is 0 Å². The number of rotatable bonds is 10. The number of para-hydroxylation sites is 1. The normalized spacial score (nSPS) is 11.7. The molecule has 0 aliphatic rings. The standard InChI is InChI=1S/C33H32N2O3/c1-35-22-29(27-15-9-10-16-30(27)35)28(20-33(36)34-21-24-11-5-3-6-12-24)26-17-18-31(37-2)32(19-26)38-23-25-13-7-4-8-14-25/h3-19,22,28H,20-21,23H2,1-2H3,(H,34,36)/t28-/m1/s1. The summed E-state index contributed by atoms with van der Waals surface area (Å²) < 4.78 is 13.9. The Balaban J connectivity index is 1.47. The number of amides is 1. The molecule has 1 heterocycles. The zero-order valence-electron chi connectivity index (χ0n) is 21.8. The van der Waals surface area contributed by atoms with Gasteiger partial charge in [-0.25, -0.2) is 0 Å². The lowest BCUT2D eigenvalue weighted by Gasteiger charge is -2.20. The second-order valence-corrected chi connectivity index (χ2v) is 9.42. The van der Waals surface area contributed by atoms with Crippen LogP contribution in [-0.2, 0) is 25.0 Å². The zero-order valence-corrected chi connectivity index (χ0v) is 21.8. The van der Waals surface area contributed by atoms with Gasteiger partial charge in [0.25, 0.3) is 0 Å². The highest BCUT2D eigenvalue weighted by Gasteiger charge is 2.24. The third-order valence-corrected chi connectivity index (χ3v) is 6.85. The highest BCUT2D eigenvalue weighted by molar-refractivity contribution is 5.86. The molecule has 1 amide bonds. The van der Waals surface area contributed by atoms with Crippen LogP contribution in [0.15, 0.2) is 109 Å². The lowest BCUT2D eigenvalue weighted by Crippen LogP contribution is -2.25. The largest absolute Gasteiger partial charge is 0.493 e. The summed E-state index contributed by atoms with van der Waals surface area (Å²) >= 11 is 0. The Morgan fingerprint density at radius 1 is 0.842 bits per heavy atom. The van der Waals surface area contributed by atoms with Crippen LogP contribution in [0.3, 0.4) is 0 Å². The predicted molar refractivity (Wildman–Crippen MR) is 151 cm³/mol. The molecule has 0 aliphatic heterocycles. The third-order valence-electron chi connectivity index (χ3n) is 6.85. The van der Waals surface area contributed by atoms with Crippen LogP contribution in [0.4, 0.5) is 0 Å². The van der Waals surface area contributed by atoms with Crippen molar-refractivity contribution in [2.45, 2.75) is 25.5 Å². The molecular weight excluding hydrogens is 472 g/mol. The van der Waals surface area contributed by atoms with E-state index >= 15 is 0 Å². The Kier molecular flexibility index (Phi) is 7.74. The Hall–Kier alpha value is -4.51. The average Bonchev–Trinajstić information content (AvgIpc) is 3.30. The summed E-state index contributed by atoms with van der Waals surface area (Å²) in [6, 6.07) is 34.3. The van der Waals surface area contributed by atoms with E-state index in [4.69, 9.17) is 9.47 Å². The van der Waals surface area contributed by atoms with Crippen molar-refractivity contribution in [1.29, 1.82) is 0 Å². The molecule has 38 heavy (non-hydrogen) atoms. The molecule has 5 nitrogen and oxygen atoms in total. The summed E-state index contributed by atoms with van der Waals surface area (Å²) in [5.74, 6) is 1.15. The van der Waals surface area contributed by atoms with Crippen LogP contribution in [-0.4, -0.2) is 17.6 Å². The number of methoxy groups -OCH3 is 1. The van der Waals surface area contributed by atoms with E-state index in [9.17, 15) is 4.79 Å². The van der Waals surface area contributed by atoms with Gasteiger partial charge in [-0.2, -0.15) is 0 Å². The second-order valence-electron chi connectivity index (χ2n) is 9.42. The highest BCUT2D eigenvalue weighted by atomic mass is 16.5. The van der Waals surface area contributed by atoms with E-state index in [1.807, 2.05) is 98.0 Å². The van der Waals surface area contributed by atoms with Crippen molar-refractivity contribution in [1.82, 2.24) is 9.88 Å². The molecule has 1 atom stereocenters. The van der Waals surface area contributed by atoms with E-state index in [1.165, 1.54) is 0 Å². The van der Waals surface area contributed by atoms with Gasteiger partial charge in [-0.3, -0.25) is 4.79 Å². The molecule has 0 spiro atoms. The summed E-state index contributed by atoms with van der Waals surface area (Å²) in [6.45, 7) is 0.924. The van der Waals surface area contributed by atoms with E-state index in [2.05, 4.69) is 28.2 Å². The summed E-state index contributed by atoms with van der Waals surface area (Å²) in [6.07, 6.45) is 2.44. The number of fused-ring (bicyclic) bond motifs is 1. The molecule has 0 saturated heterocycles. The fourth-order valence-corrected chi connectivity index (χ4v) is 4.87. The number of aromatic nitrogens is 1. The fraction of sp³-hybridized carbons (Fsp3) is 0.182. The second kappa shape index (κ2) is 11.7. The van der Waals surface area contributed by atoms with Crippen LogP contribution in [0.5, 0.6) is 11.5 Å². The van der Waals surface area contributed by atoms with Gasteiger partial charge in [-0.05, 0) is 40.5 Å². The molecule has 4 aromatic carbocycles. The maximum atomic E-state index is 13.3. The van der Waals surface area contributed by atoms with Gasteiger partial charge < -0.3 is 19.4 Å². The minimum atomic E-state index is -0.165. The first-order chi connectivity index (χ1) is 18.6. The number of aryl methyl sites for hydroxylation is 1. The lowest BCUT2D eigenvalue weighted by molar-refractivity contribution is -0.121. The molecular formula is C33H32N2O3. The van der Waals surface area contributed by atoms with E-state index in [-0.39, 0.29) is 11.8 Å². The number of hydrogen-bond donors (Lipinski definition) is 1. The van der Waals surface area contributed by atoms with Crippen molar-refractivity contribution in [3.63, 3.8) is 0 Å². The van der Waals surface area contributed by atoms with Gasteiger partial charge in [-0.15, -0.1) is 0 Å². The van der Waals surface area contributed by atoms with Gasteiger partial charge in [-0.1, -0.05) is 84.9 Å².